The number of rotatable bonds is 14. The first-order chi connectivity index (χ1) is 31.2. The maximum absolute atomic E-state index is 11.6. The summed E-state index contributed by atoms with van der Waals surface area (Å²) in [4.78, 5) is 13.4. The Bertz CT molecular complexity index is 1090. The molecule has 0 saturated heterocycles. The van der Waals surface area contributed by atoms with Crippen LogP contribution in [0.5, 0.6) is 0 Å². The Kier molecular flexibility index (Phi) is 28.2. The summed E-state index contributed by atoms with van der Waals surface area (Å²) in [5, 5.41) is 0. The zero-order chi connectivity index (χ0) is 45.9. The number of nitrogens with zero attached hydrogens (tertiary/aromatic N) is 1. The van der Waals surface area contributed by atoms with Crippen molar-refractivity contribution in [1.29, 1.82) is 0 Å². The molecule has 3 nitrogen and oxygen atoms in total. The maximum atomic E-state index is 11.6. The number of ether oxygens (including phenoxy) is 1. The molecule has 64 heavy (non-hydrogen) atoms. The lowest BCUT2D eigenvalue weighted by atomic mass is 9.99. The predicted octanol–water partition coefficient (Wildman–Crippen LogP) is 20.2. The Morgan fingerprint density at radius 1 is 0.516 bits per heavy atom. The van der Waals surface area contributed by atoms with Crippen molar-refractivity contribution >= 4 is 42.3 Å². The van der Waals surface area contributed by atoms with Crippen molar-refractivity contribution in [2.45, 2.75) is 298 Å². The van der Waals surface area contributed by atoms with Gasteiger partial charge < -0.3 is 9.64 Å². The van der Waals surface area contributed by atoms with E-state index in [1.807, 2.05) is 38.8 Å². The summed E-state index contributed by atoms with van der Waals surface area (Å²) in [5.74, 6) is 1.96. The number of allylic oxidation sites excluding steroid dienone is 2. The molecule has 0 unspecified atom stereocenters. The molecule has 6 aliphatic carbocycles. The van der Waals surface area contributed by atoms with Gasteiger partial charge >= 0.3 is 6.09 Å². The van der Waals surface area contributed by atoms with Gasteiger partial charge in [0.1, 0.15) is 5.60 Å². The highest BCUT2D eigenvalue weighted by atomic mass is 36.5. The van der Waals surface area contributed by atoms with Crippen molar-refractivity contribution in [2.75, 3.05) is 19.0 Å². The van der Waals surface area contributed by atoms with Crippen LogP contribution in [0.3, 0.4) is 0 Å². The quantitative estimate of drug-likeness (QED) is 0.0986. The van der Waals surface area contributed by atoms with Gasteiger partial charge in [0.15, 0.2) is 5.90 Å². The van der Waals surface area contributed by atoms with E-state index in [4.69, 9.17) is 4.74 Å². The number of halogens is 2. The van der Waals surface area contributed by atoms with Gasteiger partial charge in [0.05, 0.1) is 48.5 Å². The van der Waals surface area contributed by atoms with Crippen LogP contribution in [0.1, 0.15) is 258 Å². The van der Waals surface area contributed by atoms with Crippen molar-refractivity contribution in [2.24, 2.45) is 0 Å². The van der Waals surface area contributed by atoms with Gasteiger partial charge in [-0.3, -0.25) is 0 Å². The van der Waals surface area contributed by atoms with E-state index in [1.165, 1.54) is 53.2 Å². The molecular formula is C57H103Cl2NO2P2+2. The van der Waals surface area contributed by atoms with E-state index in [0.717, 1.165) is 38.8 Å². The number of hydrogen-bond acceptors (Lipinski definition) is 2. The third kappa shape index (κ3) is 17.7. The van der Waals surface area contributed by atoms with Crippen molar-refractivity contribution in [3.05, 3.63) is 37.5 Å². The second kappa shape index (κ2) is 31.9. The van der Waals surface area contributed by atoms with Crippen LogP contribution in [-0.2, 0) is 4.74 Å². The molecule has 7 rings (SSSR count). The maximum Gasteiger partial charge on any atom is 0.410 e. The lowest BCUT2D eigenvalue weighted by Crippen LogP contribution is -2.44. The van der Waals surface area contributed by atoms with Gasteiger partial charge in [-0.05, 0) is 213 Å². The Balaban J connectivity index is 0.000000295. The second-order valence-corrected chi connectivity index (χ2v) is 32.1. The smallest absolute Gasteiger partial charge is 0.410 e. The average molecular weight is 967 g/mol. The topological polar surface area (TPSA) is 29.5 Å². The molecule has 6 saturated carbocycles. The molecule has 0 atom stereocenters. The molecule has 1 heterocycles. The van der Waals surface area contributed by atoms with Gasteiger partial charge in [-0.15, -0.1) is 13.2 Å². The zero-order valence-electron chi connectivity index (χ0n) is 42.4. The number of carbonyl (C=O) groups is 1. The molecule has 0 N–H and O–H groups in total. The lowest BCUT2D eigenvalue weighted by molar-refractivity contribution is 0.0259. The largest absolute Gasteiger partial charge is 0.444 e. The van der Waals surface area contributed by atoms with Gasteiger partial charge in [0, 0.05) is 34.8 Å². The monoisotopic (exact) mass is 966 g/mol. The summed E-state index contributed by atoms with van der Waals surface area (Å²) in [7, 11) is 6.23. The Labute approximate surface area is 408 Å². The van der Waals surface area contributed by atoms with Crippen LogP contribution in [0.2, 0.25) is 0 Å². The third-order valence-electron chi connectivity index (χ3n) is 17.3. The molecule has 6 fully saturated rings. The van der Waals surface area contributed by atoms with Crippen LogP contribution in [0.25, 0.3) is 0 Å². The number of hydrogen-bond donors (Lipinski definition) is 0. The molecule has 1 amide bonds. The van der Waals surface area contributed by atoms with Gasteiger partial charge in [-0.25, -0.2) is 4.79 Å². The van der Waals surface area contributed by atoms with Gasteiger partial charge in [-0.2, -0.15) is 0 Å². The number of unbranched alkanes of at least 4 members (excludes halogenated alkanes) is 4. The van der Waals surface area contributed by atoms with E-state index in [0.29, 0.717) is 0 Å². The van der Waals surface area contributed by atoms with E-state index in [-0.39, 0.29) is 6.09 Å². The fraction of sp³-hybridized carbons (Fsp3) is 0.877. The molecule has 0 aromatic rings. The summed E-state index contributed by atoms with van der Waals surface area (Å²) in [6, 6.07) is 0. The Hall–Kier alpha value is -0.0700. The summed E-state index contributed by atoms with van der Waals surface area (Å²) in [5.41, 5.74) is 6.90. The van der Waals surface area contributed by atoms with Gasteiger partial charge in [-0.1, -0.05) is 69.2 Å². The standard InChI is InChI=1S/C37H68P2.C11H19NO2.C9H16.Cl2/c1-7-19-32(20-8-1)38(33-21-9-2-10-22-33,34-23-11-3-12-24-34)31-39(35-25-13-4-14-26-35,36-27-15-5-16-28-36)37-29-17-6-18-30-37;1-11(2,3)14-10(13)12-8-6-4-5-7-9-12;1-3-5-7-9-8-6-4-2;1-2/h32-37H,1-31H2;4-5H,6-9H2,1-3H3;3-4H,1-2,5-9H2;/q+2;;;. The lowest BCUT2D eigenvalue weighted by Gasteiger charge is -2.55. The summed E-state index contributed by atoms with van der Waals surface area (Å²) in [6.07, 6.45) is 64.9. The Morgan fingerprint density at radius 2 is 0.781 bits per heavy atom. The molecular weight excluding hydrogens is 863 g/mol. The zero-order valence-corrected chi connectivity index (χ0v) is 45.7. The average Bonchev–Trinajstić information content (AvgIpc) is 3.65. The van der Waals surface area contributed by atoms with Crippen molar-refractivity contribution in [3.63, 3.8) is 0 Å². The highest BCUT2D eigenvalue weighted by Crippen LogP contribution is 2.90. The number of carbonyl (C=O) groups excluding carboxylic acids is 1. The third-order valence-corrected chi connectivity index (χ3v) is 32.5. The predicted molar refractivity (Wildman–Crippen MR) is 291 cm³/mol. The first kappa shape index (κ1) is 56.5. The van der Waals surface area contributed by atoms with Crippen molar-refractivity contribution in [3.8, 4) is 0 Å². The molecule has 0 aromatic carbocycles. The normalized spacial score (nSPS) is 23.2. The molecule has 7 aliphatic rings. The minimum atomic E-state index is -0.994. The SMILES string of the molecule is C1CCC([P+](C[P+](C2CCCCC2)(C2CCCCC2)C2CCCCC2)(C2CCCCC2)C2CCCCC2)CC1.C=CCCCCCC=C.CC(C)(C)OC(=O)N1CCC=CCC1.ClCl. The van der Waals surface area contributed by atoms with Crippen LogP contribution in [0.15, 0.2) is 37.5 Å². The van der Waals surface area contributed by atoms with E-state index in [1.54, 1.807) is 198 Å². The highest BCUT2D eigenvalue weighted by Gasteiger charge is 2.68. The summed E-state index contributed by atoms with van der Waals surface area (Å²) < 4.78 is 5.29. The van der Waals surface area contributed by atoms with E-state index in [9.17, 15) is 4.79 Å². The number of amides is 1. The van der Waals surface area contributed by atoms with Crippen molar-refractivity contribution in [1.82, 2.24) is 4.90 Å². The Morgan fingerprint density at radius 3 is 1.02 bits per heavy atom. The van der Waals surface area contributed by atoms with Crippen LogP contribution in [0, 0.1) is 0 Å². The fourth-order valence-corrected chi connectivity index (χ4v) is 34.8. The molecule has 0 bridgehead atoms. The minimum absolute atomic E-state index is 0.193. The second-order valence-electron chi connectivity index (χ2n) is 22.6. The van der Waals surface area contributed by atoms with E-state index < -0.39 is 20.1 Å². The minimum Gasteiger partial charge on any atom is -0.444 e. The van der Waals surface area contributed by atoms with Crippen molar-refractivity contribution < 1.29 is 9.53 Å². The van der Waals surface area contributed by atoms with E-state index in [2.05, 4.69) is 47.0 Å². The molecule has 0 aromatic heterocycles. The van der Waals surface area contributed by atoms with Gasteiger partial charge in [0.2, 0.25) is 0 Å². The summed E-state index contributed by atoms with van der Waals surface area (Å²) >= 11 is 0. The molecule has 0 radical (unpaired) electrons. The fourth-order valence-electron chi connectivity index (χ4n) is 14.3. The highest BCUT2D eigenvalue weighted by molar-refractivity contribution is 7.93. The first-order valence-electron chi connectivity index (χ1n) is 28.0. The molecule has 370 valence electrons. The molecule has 0 spiro atoms. The van der Waals surface area contributed by atoms with E-state index >= 15 is 0 Å². The summed E-state index contributed by atoms with van der Waals surface area (Å²) in [6.45, 7) is 14.5. The van der Waals surface area contributed by atoms with Crippen LogP contribution >= 0.6 is 36.2 Å². The molecule has 7 heteroatoms. The van der Waals surface area contributed by atoms with Crippen LogP contribution < -0.4 is 0 Å². The first-order valence-corrected chi connectivity index (χ1v) is 33.5. The van der Waals surface area contributed by atoms with Gasteiger partial charge in [0.25, 0.3) is 0 Å². The van der Waals surface area contributed by atoms with Crippen LogP contribution in [-0.4, -0.2) is 69.5 Å². The van der Waals surface area contributed by atoms with Crippen LogP contribution in [0.4, 0.5) is 4.79 Å². The molecule has 1 aliphatic heterocycles.